The van der Waals surface area contributed by atoms with Crippen LogP contribution >= 0.6 is 0 Å². The molecule has 1 atom stereocenters. The molecule has 102 valence electrons. The number of benzene rings is 1. The van der Waals surface area contributed by atoms with E-state index >= 15 is 0 Å². The molecule has 0 aliphatic carbocycles. The molecule has 3 rings (SSSR count). The Hall–Kier alpha value is -2.33. The van der Waals surface area contributed by atoms with Gasteiger partial charge in [0.05, 0.1) is 11.8 Å². The number of fused-ring (bicyclic) bond motifs is 1. The number of aliphatic hydroxyl groups is 1. The molecule has 0 unspecified atom stereocenters. The molecule has 0 fully saturated rings. The van der Waals surface area contributed by atoms with Crippen molar-refractivity contribution in [2.45, 2.75) is 19.6 Å². The van der Waals surface area contributed by atoms with Crippen LogP contribution in [0.2, 0.25) is 0 Å². The molecule has 0 saturated carbocycles. The molecule has 4 nitrogen and oxygen atoms in total. The van der Waals surface area contributed by atoms with Crippen LogP contribution in [0.15, 0.2) is 54.9 Å². The summed E-state index contributed by atoms with van der Waals surface area (Å²) in [7, 11) is 0. The van der Waals surface area contributed by atoms with Crippen LogP contribution in [0.4, 0.5) is 0 Å². The van der Waals surface area contributed by atoms with Gasteiger partial charge in [0.15, 0.2) is 0 Å². The zero-order valence-corrected chi connectivity index (χ0v) is 11.2. The first-order valence-electron chi connectivity index (χ1n) is 6.56. The molecule has 4 heteroatoms. The van der Waals surface area contributed by atoms with Crippen molar-refractivity contribution in [2.24, 2.45) is 0 Å². The summed E-state index contributed by atoms with van der Waals surface area (Å²) in [5, 5.41) is 9.56. The summed E-state index contributed by atoms with van der Waals surface area (Å²) >= 11 is 0. The van der Waals surface area contributed by atoms with E-state index in [0.29, 0.717) is 6.61 Å². The standard InChI is InChI=1S/C16H16N2O2/c1-12(19)13-5-4-6-15(9-13)20-11-14-10-18-8-3-2-7-16(18)17-14/h2-10,12,19H,11H2,1H3/t12-/m1/s1. The highest BCUT2D eigenvalue weighted by atomic mass is 16.5. The molecule has 3 aromatic rings. The molecular formula is C16H16N2O2. The lowest BCUT2D eigenvalue weighted by Gasteiger charge is -2.08. The van der Waals surface area contributed by atoms with Crippen molar-refractivity contribution in [2.75, 3.05) is 0 Å². The van der Waals surface area contributed by atoms with Gasteiger partial charge < -0.3 is 14.2 Å². The van der Waals surface area contributed by atoms with E-state index in [1.807, 2.05) is 59.3 Å². The predicted octanol–water partition coefficient (Wildman–Crippen LogP) is 2.97. The van der Waals surface area contributed by atoms with Crippen LogP contribution in [0.25, 0.3) is 5.65 Å². The minimum atomic E-state index is -0.492. The second-order valence-corrected chi connectivity index (χ2v) is 4.74. The third kappa shape index (κ3) is 2.65. The van der Waals surface area contributed by atoms with Crippen LogP contribution < -0.4 is 4.74 Å². The van der Waals surface area contributed by atoms with E-state index in [9.17, 15) is 5.11 Å². The SMILES string of the molecule is C[C@@H](O)c1cccc(OCc2cn3ccccc3n2)c1. The quantitative estimate of drug-likeness (QED) is 0.791. The molecule has 0 radical (unpaired) electrons. The van der Waals surface area contributed by atoms with E-state index < -0.39 is 6.10 Å². The summed E-state index contributed by atoms with van der Waals surface area (Å²) < 4.78 is 7.69. The van der Waals surface area contributed by atoms with Crippen molar-refractivity contribution in [3.05, 3.63) is 66.1 Å². The van der Waals surface area contributed by atoms with Crippen molar-refractivity contribution in [3.63, 3.8) is 0 Å². The maximum absolute atomic E-state index is 9.56. The number of hydrogen-bond donors (Lipinski definition) is 1. The summed E-state index contributed by atoms with van der Waals surface area (Å²) in [6.45, 7) is 2.15. The number of aliphatic hydroxyl groups excluding tert-OH is 1. The van der Waals surface area contributed by atoms with Gasteiger partial charge in [-0.15, -0.1) is 0 Å². The summed E-state index contributed by atoms with van der Waals surface area (Å²) in [5.41, 5.74) is 2.62. The Morgan fingerprint density at radius 1 is 1.25 bits per heavy atom. The molecule has 0 aliphatic heterocycles. The van der Waals surface area contributed by atoms with Crippen LogP contribution in [0, 0.1) is 0 Å². The number of imidazole rings is 1. The Labute approximate surface area is 117 Å². The third-order valence-electron chi connectivity index (χ3n) is 3.14. The van der Waals surface area contributed by atoms with Gasteiger partial charge in [-0.2, -0.15) is 0 Å². The Bertz CT molecular complexity index is 686. The first kappa shape index (κ1) is 12.7. The van der Waals surface area contributed by atoms with Gasteiger partial charge in [-0.3, -0.25) is 0 Å². The number of nitrogens with zero attached hydrogens (tertiary/aromatic N) is 2. The second-order valence-electron chi connectivity index (χ2n) is 4.74. The Kier molecular flexibility index (Phi) is 3.39. The zero-order valence-electron chi connectivity index (χ0n) is 11.2. The zero-order chi connectivity index (χ0) is 13.9. The lowest BCUT2D eigenvalue weighted by Crippen LogP contribution is -1.97. The molecule has 2 aromatic heterocycles. The van der Waals surface area contributed by atoms with Gasteiger partial charge in [0.2, 0.25) is 0 Å². The fourth-order valence-corrected chi connectivity index (χ4v) is 2.08. The summed E-state index contributed by atoms with van der Waals surface area (Å²) in [4.78, 5) is 4.47. The van der Waals surface area contributed by atoms with Gasteiger partial charge in [0, 0.05) is 12.4 Å². The van der Waals surface area contributed by atoms with Crippen molar-refractivity contribution in [3.8, 4) is 5.75 Å². The lowest BCUT2D eigenvalue weighted by atomic mass is 10.1. The second kappa shape index (κ2) is 5.35. The largest absolute Gasteiger partial charge is 0.487 e. The van der Waals surface area contributed by atoms with Gasteiger partial charge >= 0.3 is 0 Å². The minimum absolute atomic E-state index is 0.408. The summed E-state index contributed by atoms with van der Waals surface area (Å²) in [6.07, 6.45) is 3.42. The fourth-order valence-electron chi connectivity index (χ4n) is 2.08. The van der Waals surface area contributed by atoms with Crippen LogP contribution in [-0.4, -0.2) is 14.5 Å². The first-order valence-corrected chi connectivity index (χ1v) is 6.56. The van der Waals surface area contributed by atoms with Crippen LogP contribution in [0.3, 0.4) is 0 Å². The van der Waals surface area contributed by atoms with Gasteiger partial charge in [-0.05, 0) is 36.8 Å². The third-order valence-corrected chi connectivity index (χ3v) is 3.14. The lowest BCUT2D eigenvalue weighted by molar-refractivity contribution is 0.198. The smallest absolute Gasteiger partial charge is 0.137 e. The highest BCUT2D eigenvalue weighted by molar-refractivity contribution is 5.39. The molecule has 0 aliphatic rings. The number of aromatic nitrogens is 2. The fraction of sp³-hybridized carbons (Fsp3) is 0.188. The maximum Gasteiger partial charge on any atom is 0.137 e. The monoisotopic (exact) mass is 268 g/mol. The summed E-state index contributed by atoms with van der Waals surface area (Å²) in [6, 6.07) is 13.4. The maximum atomic E-state index is 9.56. The predicted molar refractivity (Wildman–Crippen MR) is 76.6 cm³/mol. The van der Waals surface area contributed by atoms with Crippen molar-refractivity contribution in [1.29, 1.82) is 0 Å². The molecular weight excluding hydrogens is 252 g/mol. The molecule has 20 heavy (non-hydrogen) atoms. The van der Waals surface area contributed by atoms with Gasteiger partial charge in [-0.25, -0.2) is 4.98 Å². The number of rotatable bonds is 4. The normalized spacial score (nSPS) is 12.5. The Balaban J connectivity index is 1.74. The number of hydrogen-bond acceptors (Lipinski definition) is 3. The van der Waals surface area contributed by atoms with Gasteiger partial charge in [0.1, 0.15) is 18.0 Å². The van der Waals surface area contributed by atoms with Gasteiger partial charge in [-0.1, -0.05) is 18.2 Å². The highest BCUT2D eigenvalue weighted by Crippen LogP contribution is 2.19. The molecule has 1 aromatic carbocycles. The molecule has 0 amide bonds. The topological polar surface area (TPSA) is 46.8 Å². The molecule has 1 N–H and O–H groups in total. The number of ether oxygens (including phenoxy) is 1. The first-order chi connectivity index (χ1) is 9.72. The molecule has 2 heterocycles. The van der Waals surface area contributed by atoms with Gasteiger partial charge in [0.25, 0.3) is 0 Å². The van der Waals surface area contributed by atoms with E-state index in [-0.39, 0.29) is 0 Å². The van der Waals surface area contributed by atoms with E-state index in [1.165, 1.54) is 0 Å². The minimum Gasteiger partial charge on any atom is -0.487 e. The van der Waals surface area contributed by atoms with E-state index in [4.69, 9.17) is 4.74 Å². The van der Waals surface area contributed by atoms with Crippen LogP contribution in [0.1, 0.15) is 24.3 Å². The number of pyridine rings is 1. The van der Waals surface area contributed by atoms with E-state index in [2.05, 4.69) is 4.98 Å². The average Bonchev–Trinajstić information content (AvgIpc) is 2.88. The van der Waals surface area contributed by atoms with Crippen molar-refractivity contribution >= 4 is 5.65 Å². The van der Waals surface area contributed by atoms with Crippen LogP contribution in [0.5, 0.6) is 5.75 Å². The molecule has 0 saturated heterocycles. The molecule has 0 spiro atoms. The highest BCUT2D eigenvalue weighted by Gasteiger charge is 2.04. The summed E-state index contributed by atoms with van der Waals surface area (Å²) in [5.74, 6) is 0.737. The Morgan fingerprint density at radius 3 is 2.95 bits per heavy atom. The molecule has 0 bridgehead atoms. The van der Waals surface area contributed by atoms with Crippen molar-refractivity contribution in [1.82, 2.24) is 9.38 Å². The van der Waals surface area contributed by atoms with Crippen molar-refractivity contribution < 1.29 is 9.84 Å². The Morgan fingerprint density at radius 2 is 2.15 bits per heavy atom. The van der Waals surface area contributed by atoms with Crippen LogP contribution in [-0.2, 0) is 6.61 Å². The van der Waals surface area contributed by atoms with E-state index in [1.54, 1.807) is 6.92 Å². The van der Waals surface area contributed by atoms with E-state index in [0.717, 1.165) is 22.7 Å². The average molecular weight is 268 g/mol.